The predicted octanol–water partition coefficient (Wildman–Crippen LogP) is 9.76. The van der Waals surface area contributed by atoms with Crippen LogP contribution in [0, 0.1) is 0 Å². The summed E-state index contributed by atoms with van der Waals surface area (Å²) in [5.41, 5.74) is 10.8. The van der Waals surface area contributed by atoms with Gasteiger partial charge in [-0.25, -0.2) is 0 Å². The van der Waals surface area contributed by atoms with E-state index in [2.05, 4.69) is 159 Å². The van der Waals surface area contributed by atoms with Gasteiger partial charge in [0.1, 0.15) is 0 Å². The van der Waals surface area contributed by atoms with Crippen LogP contribution in [0.3, 0.4) is 0 Å². The summed E-state index contributed by atoms with van der Waals surface area (Å²) in [4.78, 5) is 2.40. The third-order valence-electron chi connectivity index (χ3n) is 8.81. The summed E-state index contributed by atoms with van der Waals surface area (Å²) in [5, 5.41) is 2.61. The molecule has 2 heteroatoms. The topological polar surface area (TPSA) is 3.24 Å². The lowest BCUT2D eigenvalue weighted by Crippen LogP contribution is -2.25. The van der Waals surface area contributed by atoms with Crippen molar-refractivity contribution >= 4 is 38.0 Å². The molecule has 6 rings (SSSR count). The summed E-state index contributed by atoms with van der Waals surface area (Å²) in [6.07, 6.45) is 7.94. The van der Waals surface area contributed by atoms with Crippen LogP contribution in [0.5, 0.6) is 0 Å². The van der Waals surface area contributed by atoms with E-state index in [1.165, 1.54) is 55.6 Å². The summed E-state index contributed by atoms with van der Waals surface area (Å²) in [6.45, 7) is 9.37. The molecule has 1 heterocycles. The van der Waals surface area contributed by atoms with Crippen molar-refractivity contribution in [1.82, 2.24) is 0 Å². The van der Waals surface area contributed by atoms with Gasteiger partial charge in [-0.2, -0.15) is 0 Å². The Bertz CT molecular complexity index is 1650. The van der Waals surface area contributed by atoms with Crippen LogP contribution in [0.4, 0.5) is 5.69 Å². The number of fused-ring (bicyclic) bond motifs is 4. The van der Waals surface area contributed by atoms with Crippen molar-refractivity contribution in [3.8, 4) is 0 Å². The Hall–Kier alpha value is -3.36. The van der Waals surface area contributed by atoms with Crippen molar-refractivity contribution in [1.29, 1.82) is 0 Å². The van der Waals surface area contributed by atoms with E-state index in [-0.39, 0.29) is 10.8 Å². The SMILES string of the molecule is CC1=C(/C=C/C=C2/N(C)c3c(ccc4ccccc34)C2(C)C)C(C)(Cc2ccccc2)c2cc(Br)ccc21. The van der Waals surface area contributed by atoms with Crippen molar-refractivity contribution in [2.45, 2.75) is 44.9 Å². The maximum atomic E-state index is 3.74. The van der Waals surface area contributed by atoms with E-state index in [9.17, 15) is 0 Å². The fourth-order valence-electron chi connectivity index (χ4n) is 6.86. The Morgan fingerprint density at radius 1 is 0.842 bits per heavy atom. The number of halogens is 1. The van der Waals surface area contributed by atoms with Gasteiger partial charge in [0.2, 0.25) is 0 Å². The lowest BCUT2D eigenvalue weighted by atomic mass is 9.74. The third kappa shape index (κ3) is 3.81. The minimum absolute atomic E-state index is 0.0707. The van der Waals surface area contributed by atoms with E-state index in [1.807, 2.05) is 0 Å². The molecule has 1 aliphatic carbocycles. The Labute approximate surface area is 235 Å². The van der Waals surface area contributed by atoms with Crippen LogP contribution in [0.25, 0.3) is 16.3 Å². The molecule has 0 radical (unpaired) electrons. The minimum atomic E-state index is -0.101. The molecule has 0 saturated carbocycles. The highest BCUT2D eigenvalue weighted by atomic mass is 79.9. The number of allylic oxidation sites excluding steroid dienone is 6. The molecule has 1 nitrogen and oxygen atoms in total. The molecule has 1 unspecified atom stereocenters. The second kappa shape index (κ2) is 9.13. The largest absolute Gasteiger partial charge is 0.347 e. The number of benzene rings is 4. The maximum Gasteiger partial charge on any atom is 0.0527 e. The number of anilines is 1. The fraction of sp³-hybridized carbons (Fsp3) is 0.222. The molecule has 1 atom stereocenters. The smallest absolute Gasteiger partial charge is 0.0527 e. The Balaban J connectivity index is 1.41. The average Bonchev–Trinajstić information content (AvgIpc) is 3.23. The van der Waals surface area contributed by atoms with Gasteiger partial charge in [-0.15, -0.1) is 0 Å². The highest BCUT2D eigenvalue weighted by Crippen LogP contribution is 2.51. The van der Waals surface area contributed by atoms with E-state index in [0.29, 0.717) is 0 Å². The van der Waals surface area contributed by atoms with E-state index in [0.717, 1.165) is 10.9 Å². The van der Waals surface area contributed by atoms with Crippen molar-refractivity contribution in [2.24, 2.45) is 0 Å². The van der Waals surface area contributed by atoms with Gasteiger partial charge >= 0.3 is 0 Å². The molecule has 2 aliphatic rings. The average molecular weight is 561 g/mol. The second-order valence-electron chi connectivity index (χ2n) is 11.5. The van der Waals surface area contributed by atoms with Gasteiger partial charge in [0.15, 0.2) is 0 Å². The van der Waals surface area contributed by atoms with Crippen LogP contribution in [0.1, 0.15) is 49.9 Å². The highest BCUT2D eigenvalue weighted by Gasteiger charge is 2.40. The molecular formula is C36H34BrN. The van der Waals surface area contributed by atoms with Gasteiger partial charge in [-0.3, -0.25) is 0 Å². The van der Waals surface area contributed by atoms with Crippen molar-refractivity contribution < 1.29 is 0 Å². The Morgan fingerprint density at radius 3 is 2.37 bits per heavy atom. The van der Waals surface area contributed by atoms with Crippen LogP contribution in [0.2, 0.25) is 0 Å². The lowest BCUT2D eigenvalue weighted by molar-refractivity contribution is 0.577. The summed E-state index contributed by atoms with van der Waals surface area (Å²) < 4.78 is 1.13. The highest BCUT2D eigenvalue weighted by molar-refractivity contribution is 9.10. The molecule has 0 fully saturated rings. The molecule has 0 aromatic heterocycles. The first-order valence-electron chi connectivity index (χ1n) is 13.4. The van der Waals surface area contributed by atoms with Crippen LogP contribution in [0.15, 0.2) is 119 Å². The molecule has 0 spiro atoms. The summed E-state index contributed by atoms with van der Waals surface area (Å²) in [6, 6.07) is 30.9. The molecule has 0 amide bonds. The van der Waals surface area contributed by atoms with Crippen LogP contribution in [-0.4, -0.2) is 7.05 Å². The molecule has 38 heavy (non-hydrogen) atoms. The van der Waals surface area contributed by atoms with Gasteiger partial charge in [0.05, 0.1) is 5.69 Å². The quantitative estimate of drug-likeness (QED) is 0.240. The monoisotopic (exact) mass is 559 g/mol. The zero-order valence-corrected chi connectivity index (χ0v) is 24.4. The van der Waals surface area contributed by atoms with E-state index in [4.69, 9.17) is 0 Å². The molecule has 190 valence electrons. The summed E-state index contributed by atoms with van der Waals surface area (Å²) >= 11 is 3.74. The van der Waals surface area contributed by atoms with E-state index < -0.39 is 0 Å². The van der Waals surface area contributed by atoms with Gasteiger partial charge in [0, 0.05) is 33.4 Å². The Morgan fingerprint density at radius 2 is 1.58 bits per heavy atom. The lowest BCUT2D eigenvalue weighted by Gasteiger charge is -2.29. The van der Waals surface area contributed by atoms with E-state index >= 15 is 0 Å². The van der Waals surface area contributed by atoms with Crippen molar-refractivity contribution in [3.63, 3.8) is 0 Å². The number of hydrogen-bond acceptors (Lipinski definition) is 1. The first kappa shape index (κ1) is 24.9. The van der Waals surface area contributed by atoms with Crippen LogP contribution >= 0.6 is 15.9 Å². The zero-order valence-electron chi connectivity index (χ0n) is 22.8. The van der Waals surface area contributed by atoms with Crippen LogP contribution in [-0.2, 0) is 17.3 Å². The number of rotatable bonds is 4. The second-order valence-corrected chi connectivity index (χ2v) is 12.4. The van der Waals surface area contributed by atoms with Crippen molar-refractivity contribution in [3.05, 3.63) is 141 Å². The van der Waals surface area contributed by atoms with Gasteiger partial charge < -0.3 is 4.90 Å². The fourth-order valence-corrected chi connectivity index (χ4v) is 7.22. The number of likely N-dealkylation sites (N-methyl/N-ethyl adjacent to an activating group) is 1. The molecular weight excluding hydrogens is 526 g/mol. The van der Waals surface area contributed by atoms with Crippen molar-refractivity contribution in [2.75, 3.05) is 11.9 Å². The molecule has 1 aliphatic heterocycles. The number of nitrogens with zero attached hydrogens (tertiary/aromatic N) is 1. The molecule has 4 aromatic rings. The standard InChI is InChI=1S/C36H34BrN/c1-24-28-20-19-27(37)22-32(28)36(4,23-25-12-7-6-8-13-25)30(24)16-11-17-33-35(2,3)31-21-18-26-14-9-10-15-29(26)34(31)38(33)5/h6-22H,23H2,1-5H3/b16-11+,33-17+. The maximum absolute atomic E-state index is 3.74. The molecule has 4 aromatic carbocycles. The normalized spacial score (nSPS) is 21.1. The van der Waals surface area contributed by atoms with Gasteiger partial charge in [-0.05, 0) is 70.3 Å². The minimum Gasteiger partial charge on any atom is -0.347 e. The zero-order chi connectivity index (χ0) is 26.7. The summed E-state index contributed by atoms with van der Waals surface area (Å²) in [7, 11) is 2.21. The van der Waals surface area contributed by atoms with Gasteiger partial charge in [-0.1, -0.05) is 122 Å². The van der Waals surface area contributed by atoms with E-state index in [1.54, 1.807) is 0 Å². The van der Waals surface area contributed by atoms with Gasteiger partial charge in [0.25, 0.3) is 0 Å². The molecule has 0 saturated heterocycles. The number of hydrogen-bond donors (Lipinski definition) is 0. The molecule has 0 bridgehead atoms. The Kier molecular flexibility index (Phi) is 6.00. The summed E-state index contributed by atoms with van der Waals surface area (Å²) in [5.74, 6) is 0. The first-order valence-corrected chi connectivity index (χ1v) is 14.2. The van der Waals surface area contributed by atoms with Crippen LogP contribution < -0.4 is 4.90 Å². The first-order chi connectivity index (χ1) is 18.2. The molecule has 0 N–H and O–H groups in total. The third-order valence-corrected chi connectivity index (χ3v) is 9.30. The predicted molar refractivity (Wildman–Crippen MR) is 167 cm³/mol.